The first-order chi connectivity index (χ1) is 12.3. The number of H-pyrrole nitrogens is 1. The van der Waals surface area contributed by atoms with E-state index in [-0.39, 0.29) is 11.0 Å². The van der Waals surface area contributed by atoms with Gasteiger partial charge in [0.1, 0.15) is 5.78 Å². The Bertz CT molecular complexity index is 1090. The molecule has 2 heterocycles. The van der Waals surface area contributed by atoms with Crippen molar-refractivity contribution in [2.24, 2.45) is 7.05 Å². The van der Waals surface area contributed by atoms with Gasteiger partial charge in [0.2, 0.25) is 0 Å². The van der Waals surface area contributed by atoms with Gasteiger partial charge in [-0.25, -0.2) is 9.78 Å². The highest BCUT2D eigenvalue weighted by Crippen LogP contribution is 2.26. The smallest absolute Gasteiger partial charge is 0.309 e. The molecule has 1 atom stereocenters. The highest BCUT2D eigenvalue weighted by atomic mass is 32.2. The highest BCUT2D eigenvalue weighted by Gasteiger charge is 2.21. The van der Waals surface area contributed by atoms with Gasteiger partial charge in [-0.05, 0) is 26.3 Å². The molecule has 1 N–H and O–H groups in total. The summed E-state index contributed by atoms with van der Waals surface area (Å²) in [5.41, 5.74) is 1.78. The summed E-state index contributed by atoms with van der Waals surface area (Å²) in [6, 6.07) is 7.97. The second-order valence-electron chi connectivity index (χ2n) is 6.33. The van der Waals surface area contributed by atoms with E-state index in [0.717, 1.165) is 11.1 Å². The van der Waals surface area contributed by atoms with Crippen LogP contribution in [0.4, 0.5) is 0 Å². The number of nitrogens with zero attached hydrogens (tertiary/aromatic N) is 3. The molecule has 0 amide bonds. The molecule has 8 heteroatoms. The molecule has 0 unspecified atom stereocenters. The van der Waals surface area contributed by atoms with Crippen LogP contribution in [0, 0.1) is 6.92 Å². The van der Waals surface area contributed by atoms with Crippen molar-refractivity contribution in [1.82, 2.24) is 19.1 Å². The van der Waals surface area contributed by atoms with Crippen molar-refractivity contribution in [2.45, 2.75) is 37.7 Å². The van der Waals surface area contributed by atoms with Crippen LogP contribution in [-0.4, -0.2) is 30.1 Å². The summed E-state index contributed by atoms with van der Waals surface area (Å²) >= 11 is 1.28. The predicted octanol–water partition coefficient (Wildman–Crippen LogP) is 1.85. The van der Waals surface area contributed by atoms with Gasteiger partial charge in [-0.2, -0.15) is 0 Å². The molecule has 7 nitrogen and oxygen atoms in total. The van der Waals surface area contributed by atoms with E-state index < -0.39 is 11.2 Å². The number of ketones is 1. The number of rotatable bonds is 5. The van der Waals surface area contributed by atoms with Crippen LogP contribution >= 0.6 is 11.8 Å². The first kappa shape index (κ1) is 18.2. The van der Waals surface area contributed by atoms with Gasteiger partial charge in [0.25, 0.3) is 5.56 Å². The van der Waals surface area contributed by atoms with Gasteiger partial charge >= 0.3 is 5.69 Å². The third-order valence-electron chi connectivity index (χ3n) is 4.29. The Kier molecular flexibility index (Phi) is 4.86. The maximum Gasteiger partial charge on any atom is 0.329 e. The minimum absolute atomic E-state index is 0.0201. The number of hydrogen-bond donors (Lipinski definition) is 1. The molecule has 0 bridgehead atoms. The molecule has 26 heavy (non-hydrogen) atoms. The monoisotopic (exact) mass is 372 g/mol. The van der Waals surface area contributed by atoms with E-state index in [4.69, 9.17) is 0 Å². The summed E-state index contributed by atoms with van der Waals surface area (Å²) in [6.07, 6.45) is 0. The number of aromatic amines is 1. The number of thioether (sulfide) groups is 1. The largest absolute Gasteiger partial charge is 0.329 e. The number of aromatic nitrogens is 4. The molecule has 0 aliphatic carbocycles. The number of benzene rings is 1. The van der Waals surface area contributed by atoms with E-state index in [1.54, 1.807) is 18.5 Å². The summed E-state index contributed by atoms with van der Waals surface area (Å²) < 4.78 is 3.08. The van der Waals surface area contributed by atoms with E-state index in [1.807, 2.05) is 31.2 Å². The first-order valence-electron chi connectivity index (χ1n) is 8.20. The predicted molar refractivity (Wildman–Crippen MR) is 102 cm³/mol. The fourth-order valence-corrected chi connectivity index (χ4v) is 3.47. The molecule has 0 radical (unpaired) electrons. The van der Waals surface area contributed by atoms with Crippen LogP contribution in [0.1, 0.15) is 25.0 Å². The normalized spacial score (nSPS) is 12.5. The van der Waals surface area contributed by atoms with E-state index in [1.165, 1.54) is 23.3 Å². The molecule has 1 aromatic carbocycles. The Hall–Kier alpha value is -2.61. The lowest BCUT2D eigenvalue weighted by Gasteiger charge is -2.11. The van der Waals surface area contributed by atoms with Crippen LogP contribution in [0.2, 0.25) is 0 Å². The summed E-state index contributed by atoms with van der Waals surface area (Å²) in [5.74, 6) is 0.0201. The second-order valence-corrected chi connectivity index (χ2v) is 7.64. The summed E-state index contributed by atoms with van der Waals surface area (Å²) in [6.45, 7) is 5.75. The van der Waals surface area contributed by atoms with E-state index in [0.29, 0.717) is 22.9 Å². The van der Waals surface area contributed by atoms with Crippen LogP contribution in [0.5, 0.6) is 0 Å². The zero-order valence-electron chi connectivity index (χ0n) is 15.1. The summed E-state index contributed by atoms with van der Waals surface area (Å²) in [4.78, 5) is 42.8. The van der Waals surface area contributed by atoms with Crippen molar-refractivity contribution < 1.29 is 4.79 Å². The van der Waals surface area contributed by atoms with Crippen molar-refractivity contribution in [2.75, 3.05) is 0 Å². The number of fused-ring (bicyclic) bond motifs is 1. The average molecular weight is 372 g/mol. The number of nitrogens with one attached hydrogen (secondary N) is 1. The van der Waals surface area contributed by atoms with Gasteiger partial charge in [-0.3, -0.25) is 19.1 Å². The van der Waals surface area contributed by atoms with Crippen molar-refractivity contribution in [3.8, 4) is 0 Å². The Morgan fingerprint density at radius 3 is 2.54 bits per heavy atom. The number of hydrogen-bond acceptors (Lipinski definition) is 5. The number of carbonyl (C=O) groups is 1. The molecule has 3 aromatic rings. The molecule has 0 fully saturated rings. The van der Waals surface area contributed by atoms with E-state index in [2.05, 4.69) is 9.97 Å². The molecule has 2 aromatic heterocycles. The van der Waals surface area contributed by atoms with Crippen LogP contribution in [0.15, 0.2) is 39.0 Å². The molecule has 3 rings (SSSR count). The van der Waals surface area contributed by atoms with Gasteiger partial charge in [0.15, 0.2) is 16.3 Å². The van der Waals surface area contributed by atoms with Gasteiger partial charge in [-0.1, -0.05) is 41.6 Å². The van der Waals surface area contributed by atoms with Gasteiger partial charge < -0.3 is 4.57 Å². The summed E-state index contributed by atoms with van der Waals surface area (Å²) in [7, 11) is 1.56. The van der Waals surface area contributed by atoms with Crippen LogP contribution in [0.25, 0.3) is 11.2 Å². The van der Waals surface area contributed by atoms with Crippen LogP contribution < -0.4 is 11.2 Å². The lowest BCUT2D eigenvalue weighted by atomic mass is 10.1. The molecule has 136 valence electrons. The Balaban J connectivity index is 2.20. The standard InChI is InChI=1S/C18H20N4O3S/c1-10-5-7-13(8-6-10)9-22-14-15(21(4)17(25)20-16(14)24)19-18(22)26-12(3)11(2)23/h5-8,12H,9H2,1-4H3,(H,20,24,25)/t12-/m0/s1. The molecular weight excluding hydrogens is 352 g/mol. The molecule has 0 spiro atoms. The van der Waals surface area contributed by atoms with Gasteiger partial charge in [0.05, 0.1) is 11.8 Å². The van der Waals surface area contributed by atoms with Crippen molar-refractivity contribution in [3.05, 3.63) is 56.2 Å². The fraction of sp³-hybridized carbons (Fsp3) is 0.333. The number of Topliss-reactive ketones (excluding diaryl/α,β-unsaturated/α-hetero) is 1. The lowest BCUT2D eigenvalue weighted by Crippen LogP contribution is -2.29. The Labute approximate surface area is 154 Å². The maximum atomic E-state index is 12.4. The average Bonchev–Trinajstić information content (AvgIpc) is 2.93. The van der Waals surface area contributed by atoms with E-state index >= 15 is 0 Å². The zero-order valence-corrected chi connectivity index (χ0v) is 15.9. The third-order valence-corrected chi connectivity index (χ3v) is 5.50. The highest BCUT2D eigenvalue weighted by molar-refractivity contribution is 8.00. The topological polar surface area (TPSA) is 89.8 Å². The van der Waals surface area contributed by atoms with Crippen molar-refractivity contribution in [3.63, 3.8) is 0 Å². The molecule has 0 saturated carbocycles. The maximum absolute atomic E-state index is 12.4. The van der Waals surface area contributed by atoms with Crippen molar-refractivity contribution in [1.29, 1.82) is 0 Å². The number of carbonyl (C=O) groups excluding carboxylic acids is 1. The van der Waals surface area contributed by atoms with Gasteiger partial charge in [0, 0.05) is 7.05 Å². The number of imidazole rings is 1. The Morgan fingerprint density at radius 1 is 1.27 bits per heavy atom. The lowest BCUT2D eigenvalue weighted by molar-refractivity contribution is -0.116. The molecule has 0 saturated heterocycles. The molecule has 0 aliphatic heterocycles. The minimum Gasteiger partial charge on any atom is -0.309 e. The quantitative estimate of drug-likeness (QED) is 0.691. The third kappa shape index (κ3) is 3.37. The SMILES string of the molecule is CC(=O)[C@H](C)Sc1nc2c(c(=O)[nH]c(=O)n2C)n1Cc1ccc(C)cc1. The van der Waals surface area contributed by atoms with Crippen LogP contribution in [-0.2, 0) is 18.4 Å². The molecular formula is C18H20N4O3S. The first-order valence-corrected chi connectivity index (χ1v) is 9.08. The molecule has 0 aliphatic rings. The van der Waals surface area contributed by atoms with E-state index in [9.17, 15) is 14.4 Å². The van der Waals surface area contributed by atoms with Crippen LogP contribution in [0.3, 0.4) is 0 Å². The Morgan fingerprint density at radius 2 is 1.92 bits per heavy atom. The van der Waals surface area contributed by atoms with Crippen molar-refractivity contribution >= 4 is 28.7 Å². The van der Waals surface area contributed by atoms with Gasteiger partial charge in [-0.15, -0.1) is 0 Å². The zero-order chi connectivity index (χ0) is 19.0. The number of aryl methyl sites for hydroxylation is 2. The fourth-order valence-electron chi connectivity index (χ4n) is 2.57. The minimum atomic E-state index is -0.515. The second kappa shape index (κ2) is 6.95. The summed E-state index contributed by atoms with van der Waals surface area (Å²) in [5, 5.41) is 0.231.